The van der Waals surface area contributed by atoms with Gasteiger partial charge in [-0.3, -0.25) is 4.79 Å². The van der Waals surface area contributed by atoms with Gasteiger partial charge in [0.05, 0.1) is 0 Å². The van der Waals surface area contributed by atoms with Crippen LogP contribution in [-0.4, -0.2) is 15.9 Å². The van der Waals surface area contributed by atoms with Crippen molar-refractivity contribution in [2.45, 2.75) is 26.2 Å². The number of para-hydroxylation sites is 1. The van der Waals surface area contributed by atoms with Gasteiger partial charge in [-0.15, -0.1) is 0 Å². The number of rotatable bonds is 9. The molecule has 3 N–H and O–H groups in total. The fourth-order valence-corrected chi connectivity index (χ4v) is 3.44. The van der Waals surface area contributed by atoms with Gasteiger partial charge in [0.25, 0.3) is 5.91 Å². The summed E-state index contributed by atoms with van der Waals surface area (Å²) in [6.45, 7) is 2.15. The number of carbonyl (C=O) groups excluding carboxylic acids is 1. The predicted molar refractivity (Wildman–Crippen MR) is 131 cm³/mol. The summed E-state index contributed by atoms with van der Waals surface area (Å²) in [5.41, 5.74) is 8.45. The number of hydrogen-bond donors (Lipinski definition) is 2. The summed E-state index contributed by atoms with van der Waals surface area (Å²) in [5, 5.41) is 3.32. The molecule has 0 saturated carbocycles. The monoisotopic (exact) mass is 456 g/mol. The molecular weight excluding hydrogens is 431 g/mol. The summed E-state index contributed by atoms with van der Waals surface area (Å²) in [4.78, 5) is 20.9. The molecule has 1 aromatic heterocycles. The first-order chi connectivity index (χ1) is 16.5. The Bertz CT molecular complexity index is 1270. The van der Waals surface area contributed by atoms with Crippen LogP contribution in [0.25, 0.3) is 11.4 Å². The average Bonchev–Trinajstić information content (AvgIpc) is 2.85. The molecule has 6 nitrogen and oxygen atoms in total. The molecule has 3 aromatic carbocycles. The van der Waals surface area contributed by atoms with Gasteiger partial charge in [0.1, 0.15) is 28.8 Å². The highest BCUT2D eigenvalue weighted by atomic mass is 19.1. The van der Waals surface area contributed by atoms with E-state index >= 15 is 0 Å². The van der Waals surface area contributed by atoms with Crippen LogP contribution in [0.4, 0.5) is 15.9 Å². The molecule has 4 aromatic rings. The molecule has 0 radical (unpaired) electrons. The Morgan fingerprint density at radius 2 is 1.65 bits per heavy atom. The van der Waals surface area contributed by atoms with E-state index in [2.05, 4.69) is 28.3 Å². The fourth-order valence-electron chi connectivity index (χ4n) is 3.44. The second kappa shape index (κ2) is 10.6. The number of carbonyl (C=O) groups is 1. The number of halogens is 1. The minimum absolute atomic E-state index is 0.116. The van der Waals surface area contributed by atoms with Gasteiger partial charge in [-0.1, -0.05) is 31.5 Å². The maximum absolute atomic E-state index is 13.1. The molecule has 4 rings (SSSR count). The lowest BCUT2D eigenvalue weighted by Gasteiger charge is -2.13. The Labute approximate surface area is 197 Å². The van der Waals surface area contributed by atoms with Gasteiger partial charge in [0.15, 0.2) is 5.82 Å². The van der Waals surface area contributed by atoms with Crippen LogP contribution in [0.2, 0.25) is 0 Å². The van der Waals surface area contributed by atoms with Gasteiger partial charge >= 0.3 is 0 Å². The van der Waals surface area contributed by atoms with Crippen molar-refractivity contribution in [3.8, 4) is 22.9 Å². The maximum Gasteiger partial charge on any atom is 0.267 e. The topological polar surface area (TPSA) is 90.1 Å². The first-order valence-corrected chi connectivity index (χ1v) is 11.1. The lowest BCUT2D eigenvalue weighted by Crippen LogP contribution is -2.15. The number of nitrogens with two attached hydrogens (primary N) is 1. The van der Waals surface area contributed by atoms with Crippen molar-refractivity contribution < 1.29 is 13.9 Å². The van der Waals surface area contributed by atoms with Crippen molar-refractivity contribution in [3.63, 3.8) is 0 Å². The van der Waals surface area contributed by atoms with Crippen LogP contribution in [0.1, 0.15) is 35.8 Å². The Hall–Kier alpha value is -4.26. The standard InChI is InChI=1S/C27H25FN4O2/c1-2-3-6-18-7-4-5-8-23(18)30-25-17-24(26(29)33)31-27(32-25)19-9-13-21(14-10-19)34-22-15-11-20(28)12-16-22/h4-5,7-17H,2-3,6H2,1H3,(H2,29,33)(H,30,31,32). The third-order valence-electron chi connectivity index (χ3n) is 5.22. The predicted octanol–water partition coefficient (Wildman–Crippen LogP) is 6.26. The number of anilines is 2. The summed E-state index contributed by atoms with van der Waals surface area (Å²) in [5.74, 6) is 0.973. The van der Waals surface area contributed by atoms with Crippen molar-refractivity contribution in [3.05, 3.63) is 95.9 Å². The normalized spacial score (nSPS) is 10.6. The molecule has 0 bridgehead atoms. The van der Waals surface area contributed by atoms with Crippen LogP contribution in [0, 0.1) is 5.82 Å². The number of hydrogen-bond acceptors (Lipinski definition) is 5. The molecule has 172 valence electrons. The molecule has 0 aliphatic carbocycles. The van der Waals surface area contributed by atoms with E-state index in [4.69, 9.17) is 10.5 Å². The van der Waals surface area contributed by atoms with Crippen molar-refractivity contribution >= 4 is 17.4 Å². The Balaban J connectivity index is 1.60. The molecule has 0 unspecified atom stereocenters. The highest BCUT2D eigenvalue weighted by molar-refractivity contribution is 5.92. The highest BCUT2D eigenvalue weighted by Crippen LogP contribution is 2.27. The van der Waals surface area contributed by atoms with Crippen LogP contribution in [-0.2, 0) is 6.42 Å². The second-order valence-corrected chi connectivity index (χ2v) is 7.79. The van der Waals surface area contributed by atoms with Crippen LogP contribution in [0.15, 0.2) is 78.9 Å². The molecular formula is C27H25FN4O2. The minimum Gasteiger partial charge on any atom is -0.457 e. The first kappa shape index (κ1) is 22.9. The maximum atomic E-state index is 13.1. The van der Waals surface area contributed by atoms with Crippen LogP contribution in [0.3, 0.4) is 0 Å². The average molecular weight is 457 g/mol. The van der Waals surface area contributed by atoms with E-state index in [0.717, 1.165) is 24.9 Å². The summed E-state index contributed by atoms with van der Waals surface area (Å²) in [6, 6.07) is 22.4. The van der Waals surface area contributed by atoms with E-state index in [1.807, 2.05) is 18.2 Å². The van der Waals surface area contributed by atoms with Crippen LogP contribution in [0.5, 0.6) is 11.5 Å². The van der Waals surface area contributed by atoms with E-state index in [1.54, 1.807) is 42.5 Å². The van der Waals surface area contributed by atoms with Gasteiger partial charge in [-0.25, -0.2) is 14.4 Å². The molecule has 34 heavy (non-hydrogen) atoms. The zero-order valence-corrected chi connectivity index (χ0v) is 18.8. The molecule has 0 spiro atoms. The summed E-state index contributed by atoms with van der Waals surface area (Å²) < 4.78 is 18.8. The van der Waals surface area contributed by atoms with Crippen LogP contribution >= 0.6 is 0 Å². The summed E-state index contributed by atoms with van der Waals surface area (Å²) in [7, 11) is 0. The minimum atomic E-state index is -0.637. The van der Waals surface area contributed by atoms with Gasteiger partial charge < -0.3 is 15.8 Å². The van der Waals surface area contributed by atoms with E-state index in [0.29, 0.717) is 28.7 Å². The first-order valence-electron chi connectivity index (χ1n) is 11.1. The van der Waals surface area contributed by atoms with E-state index < -0.39 is 5.91 Å². The third kappa shape index (κ3) is 5.75. The van der Waals surface area contributed by atoms with E-state index in [9.17, 15) is 9.18 Å². The van der Waals surface area contributed by atoms with Crippen molar-refractivity contribution in [1.29, 1.82) is 0 Å². The van der Waals surface area contributed by atoms with Crippen molar-refractivity contribution in [2.75, 3.05) is 5.32 Å². The van der Waals surface area contributed by atoms with Crippen molar-refractivity contribution in [2.24, 2.45) is 5.73 Å². The van der Waals surface area contributed by atoms with Gasteiger partial charge in [0, 0.05) is 17.3 Å². The zero-order valence-electron chi connectivity index (χ0n) is 18.8. The van der Waals surface area contributed by atoms with Gasteiger partial charge in [-0.2, -0.15) is 0 Å². The lowest BCUT2D eigenvalue weighted by atomic mass is 10.1. The van der Waals surface area contributed by atoms with Crippen molar-refractivity contribution in [1.82, 2.24) is 9.97 Å². The molecule has 0 saturated heterocycles. The zero-order chi connectivity index (χ0) is 23.9. The van der Waals surface area contributed by atoms with E-state index in [1.165, 1.54) is 17.7 Å². The second-order valence-electron chi connectivity index (χ2n) is 7.79. The number of ether oxygens (including phenoxy) is 1. The number of aryl methyl sites for hydroxylation is 1. The van der Waals surface area contributed by atoms with Crippen LogP contribution < -0.4 is 15.8 Å². The number of benzene rings is 3. The number of aromatic nitrogens is 2. The number of primary amides is 1. The van der Waals surface area contributed by atoms with Gasteiger partial charge in [-0.05, 0) is 73.0 Å². The lowest BCUT2D eigenvalue weighted by molar-refractivity contribution is 0.0995. The highest BCUT2D eigenvalue weighted by Gasteiger charge is 2.12. The summed E-state index contributed by atoms with van der Waals surface area (Å²) in [6.07, 6.45) is 3.11. The number of nitrogens with one attached hydrogen (secondary N) is 1. The molecule has 0 atom stereocenters. The Morgan fingerprint density at radius 1 is 0.971 bits per heavy atom. The number of amides is 1. The molecule has 1 amide bonds. The molecule has 1 heterocycles. The molecule has 0 aliphatic rings. The summed E-state index contributed by atoms with van der Waals surface area (Å²) >= 11 is 0. The SMILES string of the molecule is CCCCc1ccccc1Nc1cc(C(N)=O)nc(-c2ccc(Oc3ccc(F)cc3)cc2)n1. The Morgan fingerprint density at radius 3 is 2.32 bits per heavy atom. The largest absolute Gasteiger partial charge is 0.457 e. The Kier molecular flexibility index (Phi) is 7.13. The molecule has 7 heteroatoms. The quantitative estimate of drug-likeness (QED) is 0.310. The number of nitrogens with zero attached hydrogens (tertiary/aromatic N) is 2. The fraction of sp³-hybridized carbons (Fsp3) is 0.148. The molecule has 0 aliphatic heterocycles. The van der Waals surface area contributed by atoms with E-state index in [-0.39, 0.29) is 11.5 Å². The third-order valence-corrected chi connectivity index (χ3v) is 5.22. The number of unbranched alkanes of at least 4 members (excludes halogenated alkanes) is 1. The smallest absolute Gasteiger partial charge is 0.267 e. The molecule has 0 fully saturated rings. The van der Waals surface area contributed by atoms with Gasteiger partial charge in [0.2, 0.25) is 0 Å².